The molecule has 0 aromatic heterocycles. The van der Waals surface area contributed by atoms with Crippen LogP contribution >= 0.6 is 11.8 Å². The van der Waals surface area contributed by atoms with Gasteiger partial charge in [-0.3, -0.25) is 28.8 Å². The second-order valence-electron chi connectivity index (χ2n) is 14.9. The summed E-state index contributed by atoms with van der Waals surface area (Å²) in [5.74, 6) is -7.71. The van der Waals surface area contributed by atoms with Crippen LogP contribution < -0.4 is 10.6 Å². The van der Waals surface area contributed by atoms with Crippen LogP contribution in [0.3, 0.4) is 0 Å². The van der Waals surface area contributed by atoms with Gasteiger partial charge in [-0.2, -0.15) is 0 Å². The number of methoxy groups -OCH3 is 1. The van der Waals surface area contributed by atoms with Crippen molar-refractivity contribution in [2.24, 2.45) is 17.8 Å². The number of hydrogen-bond acceptors (Lipinski definition) is 13. The molecule has 0 saturated heterocycles. The number of ketones is 4. The number of aromatic hydroxyl groups is 1. The first-order chi connectivity index (χ1) is 28.2. The molecule has 1 aliphatic carbocycles. The van der Waals surface area contributed by atoms with Gasteiger partial charge in [0.05, 0.1) is 35.9 Å². The molecule has 6 N–H and O–H groups in total. The molecule has 0 spiro atoms. The van der Waals surface area contributed by atoms with E-state index in [9.17, 15) is 54.0 Å². The number of allylic oxidation sites excluding steroid dienone is 8. The van der Waals surface area contributed by atoms with Crippen LogP contribution in [0, 0.1) is 24.7 Å². The number of thioether (sulfide) groups is 1. The van der Waals surface area contributed by atoms with Crippen molar-refractivity contribution < 1.29 is 58.7 Å². The summed E-state index contributed by atoms with van der Waals surface area (Å²) in [6.07, 6.45) is 11.8. The highest BCUT2D eigenvalue weighted by atomic mass is 32.2. The van der Waals surface area contributed by atoms with Gasteiger partial charge in [-0.1, -0.05) is 75.5 Å². The van der Waals surface area contributed by atoms with Gasteiger partial charge in [0.25, 0.3) is 0 Å². The fourth-order valence-electron chi connectivity index (χ4n) is 6.37. The predicted octanol–water partition coefficient (Wildman–Crippen LogP) is 4.47. The molecule has 2 aliphatic heterocycles. The normalized spacial score (nSPS) is 28.4. The predicted molar refractivity (Wildman–Crippen MR) is 227 cm³/mol. The number of nitrogens with one attached hydrogen (secondary N) is 2. The molecule has 60 heavy (non-hydrogen) atoms. The fourth-order valence-corrected chi connectivity index (χ4v) is 7.45. The molecule has 0 unspecified atom stereocenters. The molecule has 15 heteroatoms. The first-order valence-corrected chi connectivity index (χ1v) is 20.3. The first kappa shape index (κ1) is 48.9. The third-order valence-corrected chi connectivity index (χ3v) is 11.2. The lowest BCUT2D eigenvalue weighted by Crippen LogP contribution is -2.42. The zero-order valence-corrected chi connectivity index (χ0v) is 35.8. The van der Waals surface area contributed by atoms with Gasteiger partial charge in [0.15, 0.2) is 11.6 Å². The number of amides is 2. The van der Waals surface area contributed by atoms with E-state index in [0.717, 1.165) is 13.2 Å². The van der Waals surface area contributed by atoms with E-state index in [1.807, 2.05) is 0 Å². The number of hydrogen-bond donors (Lipinski definition) is 6. The number of benzene rings is 1. The van der Waals surface area contributed by atoms with Gasteiger partial charge in [0, 0.05) is 54.1 Å². The first-order valence-electron chi connectivity index (χ1n) is 19.4. The third kappa shape index (κ3) is 12.8. The number of fused-ring (bicyclic) bond motifs is 18. The van der Waals surface area contributed by atoms with Crippen molar-refractivity contribution in [3.05, 3.63) is 111 Å². The molecule has 0 saturated carbocycles. The lowest BCUT2D eigenvalue weighted by atomic mass is 9.83. The molecule has 1 aromatic rings. The Morgan fingerprint density at radius 1 is 0.867 bits per heavy atom. The number of carbonyl (C=O) groups excluding carboxylic acids is 7. The average molecular weight is 847 g/mol. The molecule has 7 atom stereocenters. The number of rotatable bonds is 5. The quantitative estimate of drug-likeness (QED) is 0.178. The van der Waals surface area contributed by atoms with Gasteiger partial charge in [0.2, 0.25) is 23.4 Å². The molecule has 2 amide bonds. The van der Waals surface area contributed by atoms with Crippen LogP contribution in [0.1, 0.15) is 91.0 Å². The maximum absolute atomic E-state index is 14.5. The topological polar surface area (TPSA) is 234 Å². The number of aliphatic hydroxyl groups excluding tert-OH is 3. The largest absolute Gasteiger partial charge is 0.507 e. The van der Waals surface area contributed by atoms with Crippen LogP contribution in [0.5, 0.6) is 5.75 Å². The third-order valence-electron chi connectivity index (χ3n) is 10.0. The second-order valence-corrected chi connectivity index (χ2v) is 16.0. The summed E-state index contributed by atoms with van der Waals surface area (Å²) in [6, 6.07) is -0.0537. The maximum atomic E-state index is 14.5. The summed E-state index contributed by atoms with van der Waals surface area (Å²) < 4.78 is 4.80. The van der Waals surface area contributed by atoms with Gasteiger partial charge >= 0.3 is 5.97 Å². The van der Waals surface area contributed by atoms with Crippen LogP contribution in [-0.2, 0) is 23.9 Å². The van der Waals surface area contributed by atoms with Gasteiger partial charge in [-0.05, 0) is 50.0 Å². The molecule has 14 nitrogen and oxygen atoms in total. The van der Waals surface area contributed by atoms with Crippen molar-refractivity contribution >= 4 is 52.7 Å². The highest BCUT2D eigenvalue weighted by Crippen LogP contribution is 2.40. The highest BCUT2D eigenvalue weighted by molar-refractivity contribution is 8.04. The van der Waals surface area contributed by atoms with Gasteiger partial charge in [-0.15, -0.1) is 11.8 Å². The highest BCUT2D eigenvalue weighted by Gasteiger charge is 2.39. The molecule has 322 valence electrons. The van der Waals surface area contributed by atoms with Crippen LogP contribution in [0.4, 0.5) is 0 Å². The van der Waals surface area contributed by atoms with Crippen LogP contribution in [0.2, 0.25) is 0 Å². The van der Waals surface area contributed by atoms with Crippen molar-refractivity contribution in [1.82, 2.24) is 10.6 Å². The van der Waals surface area contributed by atoms with E-state index in [4.69, 9.17) is 4.74 Å². The Bertz CT molecular complexity index is 2110. The van der Waals surface area contributed by atoms with Crippen molar-refractivity contribution in [2.45, 2.75) is 85.7 Å². The van der Waals surface area contributed by atoms with Crippen LogP contribution in [0.15, 0.2) is 88.6 Å². The van der Waals surface area contributed by atoms with E-state index in [2.05, 4.69) is 10.6 Å². The number of carbonyl (C=O) groups is 7. The molecular weight excluding hydrogens is 793 g/mol. The Hall–Kier alpha value is -5.48. The molecule has 0 radical (unpaired) electrons. The molecule has 2 heterocycles. The summed E-state index contributed by atoms with van der Waals surface area (Å²) in [6.45, 7) is 10.7. The van der Waals surface area contributed by atoms with Gasteiger partial charge in [0.1, 0.15) is 17.5 Å². The van der Waals surface area contributed by atoms with Crippen molar-refractivity contribution in [2.75, 3.05) is 12.9 Å². The lowest BCUT2D eigenvalue weighted by molar-refractivity contribution is -0.144. The number of ether oxygens (including phenoxy) is 1. The van der Waals surface area contributed by atoms with Gasteiger partial charge < -0.3 is 35.8 Å². The molecule has 1 aromatic carbocycles. The number of aliphatic hydroxyl groups is 3. The van der Waals surface area contributed by atoms with E-state index < -0.39 is 99.8 Å². The van der Waals surface area contributed by atoms with E-state index in [0.29, 0.717) is 17.3 Å². The summed E-state index contributed by atoms with van der Waals surface area (Å²) in [5, 5.41) is 48.6. The standard InChI is InChI=1S/C45H54N2O12S/c1-23-13-11-9-10-12-14-35(52)47-38-42(56)31-20-28(6)41(55)37(36(31)43(57)44(38)60-22-32(45(58)59-8)46-29(7)48)40(54)27(5)19-26(4)39(53)25(3)16-18-30(49)17-15-24(2)34(51)21-33(23)50/h9-16,18-20,23,25-26,30,32-33,39,49-50,53,55H,17,21-22H2,1-8H3,(H,46,48)(H,47,52)/b10-9+,13-11-,14-12-,18-16-,24-15-,27-19+/t23-,25-,26-,30-,32-,33-,39-/m0/s1. The number of Topliss-reactive ketones (excluding diaryl/α,β-unsaturated/α-hetero) is 4. The minimum absolute atomic E-state index is 0.0246. The monoisotopic (exact) mass is 846 g/mol. The Labute approximate surface area is 353 Å². The zero-order valence-electron chi connectivity index (χ0n) is 35.0. The lowest BCUT2D eigenvalue weighted by Gasteiger charge is -2.25. The summed E-state index contributed by atoms with van der Waals surface area (Å²) in [7, 11) is 1.10. The molecular formula is C45H54N2O12S. The van der Waals surface area contributed by atoms with E-state index in [-0.39, 0.29) is 46.0 Å². The average Bonchev–Trinajstić information content (AvgIpc) is 3.20. The number of phenolic OH excluding ortho intramolecular Hbond substituents is 1. The second kappa shape index (κ2) is 22.2. The van der Waals surface area contributed by atoms with Crippen molar-refractivity contribution in [3.8, 4) is 5.75 Å². The van der Waals surface area contributed by atoms with E-state index in [1.54, 1.807) is 58.1 Å². The van der Waals surface area contributed by atoms with Crippen molar-refractivity contribution in [3.63, 3.8) is 0 Å². The Kier molecular flexibility index (Phi) is 18.1. The Morgan fingerprint density at radius 3 is 2.18 bits per heavy atom. The Balaban J connectivity index is 2.20. The smallest absolute Gasteiger partial charge is 0.329 e. The van der Waals surface area contributed by atoms with E-state index >= 15 is 0 Å². The summed E-state index contributed by atoms with van der Waals surface area (Å²) >= 11 is 0.651. The molecule has 4 bridgehead atoms. The minimum Gasteiger partial charge on any atom is -0.507 e. The number of esters is 1. The summed E-state index contributed by atoms with van der Waals surface area (Å²) in [4.78, 5) is 93.1. The number of phenols is 1. The molecule has 3 aliphatic rings. The summed E-state index contributed by atoms with van der Waals surface area (Å²) in [5.41, 5.74) is -1.17. The van der Waals surface area contributed by atoms with Crippen molar-refractivity contribution in [1.29, 1.82) is 0 Å². The maximum Gasteiger partial charge on any atom is 0.329 e. The molecule has 0 fully saturated rings. The fraction of sp³-hybridized carbons (Fsp3) is 0.400. The zero-order chi connectivity index (χ0) is 45.0. The minimum atomic E-state index is -1.28. The Morgan fingerprint density at radius 2 is 1.53 bits per heavy atom. The van der Waals surface area contributed by atoms with E-state index in [1.165, 1.54) is 51.1 Å². The SMILES string of the molecule is COC(=O)[C@H](CSC1=C2NC(=O)\C=C/C=C/C=C\[C@H](C)[C@@H](O)CC(=O)/C(C)=C\C[C@H](O)/C=C\[C@H](C)[C@H](O)[C@@H](C)/C=C(\C)C(=O)c3c(O)c(C)cc(c3C1=O)C2=O)NC(C)=O. The van der Waals surface area contributed by atoms with Crippen LogP contribution in [-0.4, -0.2) is 98.6 Å². The van der Waals surface area contributed by atoms with Gasteiger partial charge in [-0.25, -0.2) is 4.79 Å². The van der Waals surface area contributed by atoms with Crippen LogP contribution in [0.25, 0.3) is 0 Å². The number of aryl methyl sites for hydroxylation is 1. The molecule has 4 rings (SSSR count).